The van der Waals surface area contributed by atoms with E-state index in [1.54, 1.807) is 6.92 Å². The molecule has 1 aliphatic carbocycles. The molecule has 0 bridgehead atoms. The first kappa shape index (κ1) is 16.0. The first-order valence-corrected chi connectivity index (χ1v) is 8.42. The second kappa shape index (κ2) is 5.67. The van der Waals surface area contributed by atoms with Crippen LogP contribution >= 0.6 is 15.9 Å². The number of carbonyl (C=O) groups is 1. The van der Waals surface area contributed by atoms with E-state index in [0.717, 1.165) is 12.8 Å². The van der Waals surface area contributed by atoms with E-state index in [1.165, 1.54) is 9.08 Å². The van der Waals surface area contributed by atoms with Gasteiger partial charge in [0.05, 0.1) is 10.2 Å². The van der Waals surface area contributed by atoms with Gasteiger partial charge in [-0.1, -0.05) is 13.8 Å². The van der Waals surface area contributed by atoms with Crippen molar-refractivity contribution in [1.82, 2.24) is 19.5 Å². The Morgan fingerprint density at radius 2 is 2.13 bits per heavy atom. The van der Waals surface area contributed by atoms with Crippen molar-refractivity contribution >= 4 is 27.5 Å². The third-order valence-corrected chi connectivity index (χ3v) is 4.72. The van der Waals surface area contributed by atoms with Gasteiger partial charge in [0.15, 0.2) is 11.2 Å². The van der Waals surface area contributed by atoms with Crippen LogP contribution in [-0.2, 0) is 6.54 Å². The summed E-state index contributed by atoms with van der Waals surface area (Å²) in [4.78, 5) is 25.2. The van der Waals surface area contributed by atoms with E-state index >= 15 is 0 Å². The number of aromatic nitrogens is 3. The molecule has 1 fully saturated rings. The lowest BCUT2D eigenvalue weighted by molar-refractivity contribution is 0.0944. The van der Waals surface area contributed by atoms with Gasteiger partial charge in [-0.05, 0) is 41.6 Å². The van der Waals surface area contributed by atoms with Crippen molar-refractivity contribution in [3.63, 3.8) is 0 Å². The highest BCUT2D eigenvalue weighted by Crippen LogP contribution is 2.27. The number of halogens is 1. The molecule has 124 valence electrons. The third kappa shape index (κ3) is 2.75. The van der Waals surface area contributed by atoms with E-state index < -0.39 is 17.3 Å². The number of hydrogen-bond donors (Lipinski definition) is 2. The van der Waals surface area contributed by atoms with Crippen LogP contribution in [0.1, 0.15) is 42.7 Å². The molecule has 0 saturated heterocycles. The minimum atomic E-state index is -0.543. The normalized spacial score (nSPS) is 14.7. The Morgan fingerprint density at radius 3 is 2.70 bits per heavy atom. The highest BCUT2D eigenvalue weighted by molar-refractivity contribution is 9.10. The van der Waals surface area contributed by atoms with Crippen LogP contribution in [0.3, 0.4) is 0 Å². The van der Waals surface area contributed by atoms with Gasteiger partial charge in [-0.25, -0.2) is 0 Å². The highest BCUT2D eigenvalue weighted by atomic mass is 79.9. The van der Waals surface area contributed by atoms with Gasteiger partial charge in [0.2, 0.25) is 5.88 Å². The number of amides is 1. The Bertz CT molecular complexity index is 849. The maximum atomic E-state index is 12.8. The molecular formula is C15H19BrN4O3. The van der Waals surface area contributed by atoms with Crippen LogP contribution in [0, 0.1) is 12.8 Å². The van der Waals surface area contributed by atoms with Crippen LogP contribution < -0.4 is 10.9 Å². The molecule has 1 saturated carbocycles. The Hall–Kier alpha value is -1.83. The fourth-order valence-electron chi connectivity index (χ4n) is 2.53. The molecule has 0 unspecified atom stereocenters. The van der Waals surface area contributed by atoms with E-state index in [1.807, 2.05) is 13.8 Å². The molecule has 2 aromatic heterocycles. The number of aromatic hydroxyl groups is 1. The number of rotatable bonds is 4. The summed E-state index contributed by atoms with van der Waals surface area (Å²) in [5.74, 6) is -0.766. The van der Waals surface area contributed by atoms with Crippen LogP contribution in [0.4, 0.5) is 0 Å². The van der Waals surface area contributed by atoms with Crippen molar-refractivity contribution < 1.29 is 9.90 Å². The molecule has 7 nitrogen and oxygen atoms in total. The lowest BCUT2D eigenvalue weighted by Crippen LogP contribution is -2.36. The molecule has 23 heavy (non-hydrogen) atoms. The number of fused-ring (bicyclic) bond motifs is 1. The fourth-order valence-corrected chi connectivity index (χ4v) is 2.99. The third-order valence-electron chi connectivity index (χ3n) is 3.79. The molecular weight excluding hydrogens is 364 g/mol. The van der Waals surface area contributed by atoms with Gasteiger partial charge in [0, 0.05) is 12.6 Å². The molecule has 2 heterocycles. The molecule has 0 spiro atoms. The summed E-state index contributed by atoms with van der Waals surface area (Å²) in [5.41, 5.74) is 0.348. The van der Waals surface area contributed by atoms with Crippen LogP contribution in [0.15, 0.2) is 9.27 Å². The summed E-state index contributed by atoms with van der Waals surface area (Å²) >= 11 is 3.42. The maximum Gasteiger partial charge on any atom is 0.270 e. The Morgan fingerprint density at radius 1 is 1.48 bits per heavy atom. The molecule has 1 amide bonds. The van der Waals surface area contributed by atoms with Crippen molar-refractivity contribution in [2.45, 2.75) is 46.2 Å². The van der Waals surface area contributed by atoms with E-state index in [4.69, 9.17) is 0 Å². The van der Waals surface area contributed by atoms with Crippen molar-refractivity contribution in [1.29, 1.82) is 0 Å². The number of nitrogens with one attached hydrogen (secondary N) is 1. The summed E-state index contributed by atoms with van der Waals surface area (Å²) < 4.78 is 3.39. The first-order valence-electron chi connectivity index (χ1n) is 7.62. The monoisotopic (exact) mass is 382 g/mol. The molecule has 8 heteroatoms. The van der Waals surface area contributed by atoms with E-state index in [0.29, 0.717) is 22.4 Å². The van der Waals surface area contributed by atoms with Crippen molar-refractivity contribution in [3.05, 3.63) is 26.1 Å². The quantitative estimate of drug-likeness (QED) is 0.843. The molecule has 0 aliphatic heterocycles. The van der Waals surface area contributed by atoms with Gasteiger partial charge in [0.25, 0.3) is 11.5 Å². The second-order valence-corrected chi connectivity index (χ2v) is 7.18. The predicted molar refractivity (Wildman–Crippen MR) is 88.9 cm³/mol. The predicted octanol–water partition coefficient (Wildman–Crippen LogP) is 1.82. The number of aryl methyl sites for hydroxylation is 1. The molecule has 2 N–H and O–H groups in total. The van der Waals surface area contributed by atoms with Gasteiger partial charge in [-0.3, -0.25) is 14.2 Å². The van der Waals surface area contributed by atoms with Gasteiger partial charge in [-0.15, -0.1) is 0 Å². The van der Waals surface area contributed by atoms with Crippen LogP contribution in [0.5, 0.6) is 5.88 Å². The maximum absolute atomic E-state index is 12.8. The van der Waals surface area contributed by atoms with Crippen LogP contribution in [0.2, 0.25) is 0 Å². The standard InChI is InChI=1S/C15H19BrN4O3/c1-7(2)6-19-13-11(16)8(3)18-20(13)15(23)10(14(19)22)12(21)17-9-4-5-9/h7,9,23H,4-6H2,1-3H3,(H,17,21). The number of nitrogens with zero attached hydrogens (tertiary/aromatic N) is 3. The topological polar surface area (TPSA) is 88.6 Å². The minimum absolute atomic E-state index is 0.0987. The van der Waals surface area contributed by atoms with Gasteiger partial charge in [0.1, 0.15) is 0 Å². The summed E-state index contributed by atoms with van der Waals surface area (Å²) in [6.45, 7) is 6.16. The molecule has 2 aromatic rings. The SMILES string of the molecule is Cc1nn2c(O)c(C(=O)NC3CC3)c(=O)n(CC(C)C)c2c1Br. The van der Waals surface area contributed by atoms with Crippen molar-refractivity contribution in [2.75, 3.05) is 0 Å². The summed E-state index contributed by atoms with van der Waals surface area (Å²) in [6, 6.07) is 0.0987. The van der Waals surface area contributed by atoms with Gasteiger partial charge >= 0.3 is 0 Å². The van der Waals surface area contributed by atoms with Crippen molar-refractivity contribution in [3.8, 4) is 5.88 Å². The number of carbonyl (C=O) groups excluding carboxylic acids is 1. The zero-order chi connectivity index (χ0) is 16.9. The molecule has 0 radical (unpaired) electrons. The van der Waals surface area contributed by atoms with Gasteiger partial charge < -0.3 is 10.4 Å². The molecule has 0 aromatic carbocycles. The number of hydrogen-bond acceptors (Lipinski definition) is 4. The zero-order valence-electron chi connectivity index (χ0n) is 13.3. The smallest absolute Gasteiger partial charge is 0.270 e. The van der Waals surface area contributed by atoms with E-state index in [2.05, 4.69) is 26.3 Å². The Labute approximate surface area is 141 Å². The zero-order valence-corrected chi connectivity index (χ0v) is 14.8. The Balaban J connectivity index is 2.27. The fraction of sp³-hybridized carbons (Fsp3) is 0.533. The minimum Gasteiger partial charge on any atom is -0.492 e. The summed E-state index contributed by atoms with van der Waals surface area (Å²) in [6.07, 6.45) is 1.81. The highest BCUT2D eigenvalue weighted by Gasteiger charge is 2.30. The second-order valence-electron chi connectivity index (χ2n) is 6.39. The summed E-state index contributed by atoms with van der Waals surface area (Å²) in [7, 11) is 0. The van der Waals surface area contributed by atoms with Crippen LogP contribution in [-0.4, -0.2) is 31.2 Å². The molecule has 1 aliphatic rings. The molecule has 3 rings (SSSR count). The average Bonchev–Trinajstić information content (AvgIpc) is 3.21. The van der Waals surface area contributed by atoms with Crippen LogP contribution in [0.25, 0.3) is 5.65 Å². The Kier molecular flexibility index (Phi) is 3.95. The van der Waals surface area contributed by atoms with Gasteiger partial charge in [-0.2, -0.15) is 9.61 Å². The largest absolute Gasteiger partial charge is 0.492 e. The van der Waals surface area contributed by atoms with E-state index in [9.17, 15) is 14.7 Å². The average molecular weight is 383 g/mol. The van der Waals surface area contributed by atoms with Crippen molar-refractivity contribution in [2.24, 2.45) is 5.92 Å². The lowest BCUT2D eigenvalue weighted by atomic mass is 10.2. The first-order chi connectivity index (χ1) is 10.8. The summed E-state index contributed by atoms with van der Waals surface area (Å²) in [5, 5.41) is 17.4. The van der Waals surface area contributed by atoms with E-state index in [-0.39, 0.29) is 17.5 Å². The molecule has 0 atom stereocenters. The lowest BCUT2D eigenvalue weighted by Gasteiger charge is -2.14.